The fraction of sp³-hybridized carbons (Fsp3) is 0.529. The van der Waals surface area contributed by atoms with Gasteiger partial charge in [0.1, 0.15) is 0 Å². The first-order valence-corrected chi connectivity index (χ1v) is 8.36. The summed E-state index contributed by atoms with van der Waals surface area (Å²) >= 11 is 0. The molecule has 2 aliphatic heterocycles. The first-order valence-electron chi connectivity index (χ1n) is 8.36. The molecule has 6 heteroatoms. The quantitative estimate of drug-likeness (QED) is 0.871. The zero-order chi connectivity index (χ0) is 16.1. The van der Waals surface area contributed by atoms with Gasteiger partial charge in [-0.05, 0) is 38.1 Å². The Morgan fingerprint density at radius 2 is 2.00 bits per heavy atom. The first-order chi connectivity index (χ1) is 11.2. The van der Waals surface area contributed by atoms with Crippen LogP contribution in [-0.2, 0) is 9.59 Å². The van der Waals surface area contributed by atoms with Gasteiger partial charge in [0.2, 0.25) is 11.8 Å². The molecule has 1 aromatic rings. The van der Waals surface area contributed by atoms with E-state index in [4.69, 9.17) is 0 Å². The number of anilines is 2. The van der Waals surface area contributed by atoms with Gasteiger partial charge in [0.25, 0.3) is 0 Å². The topological polar surface area (TPSA) is 64.7 Å². The number of para-hydroxylation sites is 2. The summed E-state index contributed by atoms with van der Waals surface area (Å²) in [6.45, 7) is 4.88. The second-order valence-corrected chi connectivity index (χ2v) is 6.09. The molecule has 124 valence electrons. The Balaban J connectivity index is 1.65. The second kappa shape index (κ2) is 7.57. The zero-order valence-corrected chi connectivity index (χ0v) is 13.4. The van der Waals surface area contributed by atoms with Crippen LogP contribution in [0.2, 0.25) is 0 Å². The summed E-state index contributed by atoms with van der Waals surface area (Å²) in [6, 6.07) is 7.55. The van der Waals surface area contributed by atoms with E-state index in [1.165, 1.54) is 0 Å². The minimum absolute atomic E-state index is 0.0222. The number of carbonyl (C=O) groups excluding carboxylic acids is 2. The molecule has 2 N–H and O–H groups in total. The molecular weight excluding hydrogens is 292 g/mol. The number of rotatable bonds is 4. The Hall–Kier alpha value is -1.92. The molecule has 0 radical (unpaired) electrons. The van der Waals surface area contributed by atoms with E-state index < -0.39 is 0 Å². The minimum Gasteiger partial charge on any atom is -0.323 e. The van der Waals surface area contributed by atoms with Crippen molar-refractivity contribution in [1.29, 1.82) is 0 Å². The van der Waals surface area contributed by atoms with Crippen molar-refractivity contribution in [3.63, 3.8) is 0 Å². The molecule has 2 fully saturated rings. The Bertz CT molecular complexity index is 567. The molecule has 2 saturated heterocycles. The monoisotopic (exact) mass is 316 g/mol. The Morgan fingerprint density at radius 1 is 1.13 bits per heavy atom. The Labute approximate surface area is 136 Å². The molecular formula is C17H24N4O2. The van der Waals surface area contributed by atoms with E-state index >= 15 is 0 Å². The van der Waals surface area contributed by atoms with Crippen LogP contribution in [0, 0.1) is 0 Å². The molecule has 1 aromatic carbocycles. The van der Waals surface area contributed by atoms with Crippen LogP contribution in [-0.4, -0.2) is 56.0 Å². The van der Waals surface area contributed by atoms with Crippen LogP contribution in [0.5, 0.6) is 0 Å². The molecule has 0 unspecified atom stereocenters. The molecule has 0 atom stereocenters. The maximum atomic E-state index is 12.4. The van der Waals surface area contributed by atoms with E-state index in [0.29, 0.717) is 13.0 Å². The van der Waals surface area contributed by atoms with Crippen molar-refractivity contribution in [3.8, 4) is 0 Å². The average Bonchev–Trinajstić information content (AvgIpc) is 2.80. The highest BCUT2D eigenvalue weighted by atomic mass is 16.2. The van der Waals surface area contributed by atoms with Gasteiger partial charge in [-0.25, -0.2) is 0 Å². The normalized spacial score (nSPS) is 19.7. The lowest BCUT2D eigenvalue weighted by Crippen LogP contribution is -2.36. The summed E-state index contributed by atoms with van der Waals surface area (Å²) in [6.07, 6.45) is 2.52. The molecule has 0 aliphatic carbocycles. The lowest BCUT2D eigenvalue weighted by molar-refractivity contribution is -0.118. The Kier molecular flexibility index (Phi) is 5.25. The van der Waals surface area contributed by atoms with Gasteiger partial charge >= 0.3 is 0 Å². The zero-order valence-electron chi connectivity index (χ0n) is 13.4. The van der Waals surface area contributed by atoms with Crippen LogP contribution in [0.25, 0.3) is 0 Å². The number of nitrogens with zero attached hydrogens (tertiary/aromatic N) is 2. The van der Waals surface area contributed by atoms with Crippen molar-refractivity contribution in [1.82, 2.24) is 10.2 Å². The molecule has 6 nitrogen and oxygen atoms in total. The maximum Gasteiger partial charge on any atom is 0.238 e. The lowest BCUT2D eigenvalue weighted by atomic mass is 10.2. The number of nitrogens with one attached hydrogen (secondary N) is 2. The third-order valence-corrected chi connectivity index (χ3v) is 4.34. The van der Waals surface area contributed by atoms with Gasteiger partial charge in [-0.2, -0.15) is 0 Å². The average molecular weight is 316 g/mol. The van der Waals surface area contributed by atoms with E-state index in [-0.39, 0.29) is 11.8 Å². The number of carbonyl (C=O) groups is 2. The van der Waals surface area contributed by atoms with Crippen LogP contribution in [0.4, 0.5) is 11.4 Å². The molecule has 3 rings (SSSR count). The number of amides is 2. The summed E-state index contributed by atoms with van der Waals surface area (Å²) in [7, 11) is 0. The van der Waals surface area contributed by atoms with E-state index in [2.05, 4.69) is 15.5 Å². The van der Waals surface area contributed by atoms with Gasteiger partial charge in [-0.1, -0.05) is 12.1 Å². The molecule has 2 heterocycles. The van der Waals surface area contributed by atoms with E-state index in [9.17, 15) is 9.59 Å². The predicted octanol–water partition coefficient (Wildman–Crippen LogP) is 1.05. The van der Waals surface area contributed by atoms with Gasteiger partial charge in [0, 0.05) is 26.1 Å². The first kappa shape index (κ1) is 16.0. The minimum atomic E-state index is -0.0222. The summed E-state index contributed by atoms with van der Waals surface area (Å²) in [5.41, 5.74) is 1.53. The van der Waals surface area contributed by atoms with Crippen molar-refractivity contribution in [2.45, 2.75) is 19.3 Å². The largest absolute Gasteiger partial charge is 0.323 e. The van der Waals surface area contributed by atoms with E-state index in [1.807, 2.05) is 24.3 Å². The van der Waals surface area contributed by atoms with E-state index in [1.54, 1.807) is 4.90 Å². The summed E-state index contributed by atoms with van der Waals surface area (Å²) < 4.78 is 0. The Morgan fingerprint density at radius 3 is 2.83 bits per heavy atom. The smallest absolute Gasteiger partial charge is 0.238 e. The van der Waals surface area contributed by atoms with Gasteiger partial charge in [0.15, 0.2) is 0 Å². The van der Waals surface area contributed by atoms with Crippen LogP contribution >= 0.6 is 0 Å². The van der Waals surface area contributed by atoms with Gasteiger partial charge < -0.3 is 15.5 Å². The molecule has 0 saturated carbocycles. The fourth-order valence-corrected chi connectivity index (χ4v) is 3.17. The van der Waals surface area contributed by atoms with Crippen LogP contribution in [0.15, 0.2) is 24.3 Å². The number of hydrogen-bond donors (Lipinski definition) is 2. The van der Waals surface area contributed by atoms with E-state index in [0.717, 1.165) is 56.9 Å². The highest BCUT2D eigenvalue weighted by Crippen LogP contribution is 2.29. The summed E-state index contributed by atoms with van der Waals surface area (Å²) in [5, 5.41) is 6.31. The predicted molar refractivity (Wildman–Crippen MR) is 90.6 cm³/mol. The fourth-order valence-electron chi connectivity index (χ4n) is 3.17. The molecule has 0 spiro atoms. The summed E-state index contributed by atoms with van der Waals surface area (Å²) in [5.74, 6) is 0.108. The van der Waals surface area contributed by atoms with Crippen LogP contribution < -0.4 is 15.5 Å². The van der Waals surface area contributed by atoms with Crippen molar-refractivity contribution in [3.05, 3.63) is 24.3 Å². The summed E-state index contributed by atoms with van der Waals surface area (Å²) in [4.78, 5) is 28.3. The van der Waals surface area contributed by atoms with Gasteiger partial charge in [-0.3, -0.25) is 14.5 Å². The van der Waals surface area contributed by atoms with Crippen LogP contribution in [0.1, 0.15) is 19.3 Å². The maximum absolute atomic E-state index is 12.4. The molecule has 2 amide bonds. The SMILES string of the molecule is O=C(CN1CCCNCC1)Nc1ccccc1N1CCCC1=O. The molecule has 0 aromatic heterocycles. The standard InChI is InChI=1S/C17H24N4O2/c22-16(13-20-10-4-8-18-9-12-20)19-14-5-1-2-6-15(14)21-11-3-7-17(21)23/h1-2,5-6,18H,3-4,7-13H2,(H,19,22). The second-order valence-electron chi connectivity index (χ2n) is 6.09. The molecule has 0 bridgehead atoms. The molecule has 2 aliphatic rings. The number of benzene rings is 1. The third kappa shape index (κ3) is 4.09. The van der Waals surface area contributed by atoms with Gasteiger partial charge in [-0.15, -0.1) is 0 Å². The third-order valence-electron chi connectivity index (χ3n) is 4.34. The van der Waals surface area contributed by atoms with Crippen LogP contribution in [0.3, 0.4) is 0 Å². The lowest BCUT2D eigenvalue weighted by Gasteiger charge is -2.22. The van der Waals surface area contributed by atoms with Crippen molar-refractivity contribution < 1.29 is 9.59 Å². The van der Waals surface area contributed by atoms with Crippen molar-refractivity contribution >= 4 is 23.2 Å². The highest BCUT2D eigenvalue weighted by molar-refractivity contribution is 6.02. The van der Waals surface area contributed by atoms with Crippen molar-refractivity contribution in [2.24, 2.45) is 0 Å². The van der Waals surface area contributed by atoms with Gasteiger partial charge in [0.05, 0.1) is 17.9 Å². The van der Waals surface area contributed by atoms with Crippen molar-refractivity contribution in [2.75, 3.05) is 49.5 Å². The molecule has 23 heavy (non-hydrogen) atoms. The highest BCUT2D eigenvalue weighted by Gasteiger charge is 2.24. The number of hydrogen-bond acceptors (Lipinski definition) is 4.